The highest BCUT2D eigenvalue weighted by molar-refractivity contribution is 5.19. The number of aromatic nitrogens is 2. The topological polar surface area (TPSA) is 41.2 Å². The van der Waals surface area contributed by atoms with E-state index in [0.717, 1.165) is 13.2 Å². The van der Waals surface area contributed by atoms with Gasteiger partial charge in [-0.1, -0.05) is 0 Å². The Labute approximate surface area is 127 Å². The summed E-state index contributed by atoms with van der Waals surface area (Å²) in [6, 6.07) is 0.501. The second-order valence-corrected chi connectivity index (χ2v) is 6.90. The number of nitrogens with one attached hydrogen (secondary N) is 1. The molecule has 0 spiro atoms. The summed E-state index contributed by atoms with van der Waals surface area (Å²) in [5.74, 6) is 1.23. The van der Waals surface area contributed by atoms with Crippen LogP contribution in [0.2, 0.25) is 0 Å². The summed E-state index contributed by atoms with van der Waals surface area (Å²) in [7, 11) is 0. The average molecular weight is 289 g/mol. The number of fused-ring (bicyclic) bond motifs is 1. The summed E-state index contributed by atoms with van der Waals surface area (Å²) in [5, 5.41) is 0. The number of likely N-dealkylation sites (tertiary alicyclic amines) is 1. The number of aryl methyl sites for hydroxylation is 2. The molecule has 3 aliphatic rings. The van der Waals surface area contributed by atoms with Gasteiger partial charge in [0.2, 0.25) is 0 Å². The molecule has 1 aromatic heterocycles. The van der Waals surface area contributed by atoms with Gasteiger partial charge >= 0.3 is 0 Å². The number of rotatable bonds is 3. The fourth-order valence-corrected chi connectivity index (χ4v) is 4.20. The first kappa shape index (κ1) is 13.8. The molecule has 2 aliphatic heterocycles. The van der Waals surface area contributed by atoms with Gasteiger partial charge in [0.15, 0.2) is 0 Å². The highest BCUT2D eigenvalue weighted by atomic mass is 16.5. The quantitative estimate of drug-likeness (QED) is 0.930. The molecule has 0 bridgehead atoms. The Bertz CT molecular complexity index is 455. The number of ether oxygens (including phenoxy) is 1. The lowest BCUT2D eigenvalue weighted by molar-refractivity contribution is -0.00853. The molecule has 2 fully saturated rings. The minimum atomic E-state index is 0.448. The van der Waals surface area contributed by atoms with Crippen molar-refractivity contribution in [2.24, 2.45) is 0 Å². The Hall–Kier alpha value is -0.870. The molecule has 116 valence electrons. The Morgan fingerprint density at radius 2 is 2.05 bits per heavy atom. The standard InChI is InChI=1S/C17H27N3O/c1-2-8-15-14(7-1)18-17(19-15)16-9-5-10-20(16)12-13-6-3-4-11-21-13/h13,16H,1-12H2,(H,18,19)/t13-,16-/m1/s1. The van der Waals surface area contributed by atoms with E-state index in [0.29, 0.717) is 12.1 Å². The Morgan fingerprint density at radius 3 is 2.90 bits per heavy atom. The molecule has 4 heteroatoms. The van der Waals surface area contributed by atoms with Crippen LogP contribution in [0.3, 0.4) is 0 Å². The minimum absolute atomic E-state index is 0.448. The van der Waals surface area contributed by atoms with Gasteiger partial charge < -0.3 is 9.72 Å². The van der Waals surface area contributed by atoms with E-state index < -0.39 is 0 Å². The lowest BCUT2D eigenvalue weighted by atomic mass is 10.0. The van der Waals surface area contributed by atoms with E-state index in [4.69, 9.17) is 9.72 Å². The molecule has 0 unspecified atom stereocenters. The molecule has 0 saturated carbocycles. The van der Waals surface area contributed by atoms with E-state index in [1.807, 2.05) is 0 Å². The van der Waals surface area contributed by atoms with Crippen LogP contribution in [0.4, 0.5) is 0 Å². The Balaban J connectivity index is 1.46. The van der Waals surface area contributed by atoms with E-state index in [1.54, 1.807) is 0 Å². The maximum atomic E-state index is 5.93. The predicted octanol–water partition coefficient (Wildman–Crippen LogP) is 2.99. The van der Waals surface area contributed by atoms with Crippen molar-refractivity contribution in [3.8, 4) is 0 Å². The number of hydrogen-bond acceptors (Lipinski definition) is 3. The van der Waals surface area contributed by atoms with E-state index in [1.165, 1.54) is 81.5 Å². The zero-order chi connectivity index (χ0) is 14.1. The van der Waals surface area contributed by atoms with E-state index in [2.05, 4.69) is 9.88 Å². The molecule has 1 N–H and O–H groups in total. The number of imidazole rings is 1. The number of aromatic amines is 1. The fourth-order valence-electron chi connectivity index (χ4n) is 4.20. The highest BCUT2D eigenvalue weighted by Crippen LogP contribution is 2.33. The molecule has 21 heavy (non-hydrogen) atoms. The summed E-state index contributed by atoms with van der Waals surface area (Å²) in [5.41, 5.74) is 2.76. The van der Waals surface area contributed by atoms with Gasteiger partial charge in [-0.05, 0) is 64.3 Å². The summed E-state index contributed by atoms with van der Waals surface area (Å²) < 4.78 is 5.93. The molecule has 0 radical (unpaired) electrons. The van der Waals surface area contributed by atoms with Crippen LogP contribution in [0.15, 0.2) is 0 Å². The first-order chi connectivity index (χ1) is 10.4. The first-order valence-corrected chi connectivity index (χ1v) is 8.83. The molecule has 2 saturated heterocycles. The summed E-state index contributed by atoms with van der Waals surface area (Å²) in [6.07, 6.45) is 11.8. The molecule has 0 amide bonds. The predicted molar refractivity (Wildman–Crippen MR) is 82.4 cm³/mol. The van der Waals surface area contributed by atoms with Crippen LogP contribution in [0.5, 0.6) is 0 Å². The van der Waals surface area contributed by atoms with E-state index in [9.17, 15) is 0 Å². The molecule has 3 heterocycles. The third kappa shape index (κ3) is 2.88. The van der Waals surface area contributed by atoms with Crippen molar-refractivity contribution >= 4 is 0 Å². The number of H-pyrrole nitrogens is 1. The normalized spacial score (nSPS) is 30.5. The minimum Gasteiger partial charge on any atom is -0.377 e. The zero-order valence-electron chi connectivity index (χ0n) is 12.9. The first-order valence-electron chi connectivity index (χ1n) is 8.83. The molecule has 1 aromatic rings. The van der Waals surface area contributed by atoms with Crippen molar-refractivity contribution < 1.29 is 4.74 Å². The average Bonchev–Trinajstić information content (AvgIpc) is 3.14. The van der Waals surface area contributed by atoms with Gasteiger partial charge in [0, 0.05) is 18.8 Å². The van der Waals surface area contributed by atoms with Gasteiger partial charge in [-0.3, -0.25) is 4.90 Å². The van der Waals surface area contributed by atoms with Crippen molar-refractivity contribution in [1.82, 2.24) is 14.9 Å². The smallest absolute Gasteiger partial charge is 0.124 e. The van der Waals surface area contributed by atoms with Gasteiger partial charge in [0.25, 0.3) is 0 Å². The summed E-state index contributed by atoms with van der Waals surface area (Å²) >= 11 is 0. The van der Waals surface area contributed by atoms with E-state index >= 15 is 0 Å². The van der Waals surface area contributed by atoms with Crippen LogP contribution >= 0.6 is 0 Å². The van der Waals surface area contributed by atoms with Crippen molar-refractivity contribution in [3.05, 3.63) is 17.2 Å². The number of nitrogens with zero attached hydrogens (tertiary/aromatic N) is 2. The van der Waals surface area contributed by atoms with Gasteiger partial charge in [-0.2, -0.15) is 0 Å². The largest absolute Gasteiger partial charge is 0.377 e. The molecule has 1 aliphatic carbocycles. The van der Waals surface area contributed by atoms with Gasteiger partial charge in [-0.15, -0.1) is 0 Å². The Morgan fingerprint density at radius 1 is 1.10 bits per heavy atom. The molecular formula is C17H27N3O. The van der Waals surface area contributed by atoms with Gasteiger partial charge in [-0.25, -0.2) is 4.98 Å². The third-order valence-electron chi connectivity index (χ3n) is 5.36. The van der Waals surface area contributed by atoms with Crippen LogP contribution in [-0.2, 0) is 17.6 Å². The monoisotopic (exact) mass is 289 g/mol. The SMILES string of the molecule is C1CC[C@H](CN2CCC[C@@H]2c2nc3c([nH]2)CCCC3)OC1. The van der Waals surface area contributed by atoms with Crippen LogP contribution in [0.1, 0.15) is 68.2 Å². The molecule has 2 atom stereocenters. The summed E-state index contributed by atoms with van der Waals surface area (Å²) in [6.45, 7) is 3.25. The molecule has 4 nitrogen and oxygen atoms in total. The lowest BCUT2D eigenvalue weighted by Gasteiger charge is -2.30. The second-order valence-electron chi connectivity index (χ2n) is 6.90. The third-order valence-corrected chi connectivity index (χ3v) is 5.36. The molecule has 0 aromatic carbocycles. The van der Waals surface area contributed by atoms with Crippen LogP contribution in [-0.4, -0.2) is 40.7 Å². The maximum absolute atomic E-state index is 5.93. The maximum Gasteiger partial charge on any atom is 0.124 e. The van der Waals surface area contributed by atoms with Gasteiger partial charge in [0.05, 0.1) is 17.8 Å². The Kier molecular flexibility index (Phi) is 3.99. The van der Waals surface area contributed by atoms with Crippen LogP contribution in [0.25, 0.3) is 0 Å². The van der Waals surface area contributed by atoms with Crippen LogP contribution < -0.4 is 0 Å². The zero-order valence-corrected chi connectivity index (χ0v) is 12.9. The van der Waals surface area contributed by atoms with E-state index in [-0.39, 0.29) is 0 Å². The van der Waals surface area contributed by atoms with Crippen molar-refractivity contribution in [2.75, 3.05) is 19.7 Å². The van der Waals surface area contributed by atoms with Crippen molar-refractivity contribution in [2.45, 2.75) is 69.9 Å². The van der Waals surface area contributed by atoms with Crippen molar-refractivity contribution in [3.63, 3.8) is 0 Å². The summed E-state index contributed by atoms with van der Waals surface area (Å²) in [4.78, 5) is 11.2. The highest BCUT2D eigenvalue weighted by Gasteiger charge is 2.31. The van der Waals surface area contributed by atoms with Crippen molar-refractivity contribution in [1.29, 1.82) is 0 Å². The van der Waals surface area contributed by atoms with Crippen LogP contribution in [0, 0.1) is 0 Å². The van der Waals surface area contributed by atoms with Gasteiger partial charge in [0.1, 0.15) is 5.82 Å². The number of hydrogen-bond donors (Lipinski definition) is 1. The second kappa shape index (κ2) is 6.09. The lowest BCUT2D eigenvalue weighted by Crippen LogP contribution is -2.35. The molecular weight excluding hydrogens is 262 g/mol. The molecule has 4 rings (SSSR count). The fraction of sp³-hybridized carbons (Fsp3) is 0.824.